The minimum atomic E-state index is -0.735. The van der Waals surface area contributed by atoms with E-state index in [-0.39, 0.29) is 6.54 Å². The predicted octanol–water partition coefficient (Wildman–Crippen LogP) is 1.91. The van der Waals surface area contributed by atoms with Gasteiger partial charge >= 0.3 is 12.0 Å². The second-order valence-corrected chi connectivity index (χ2v) is 4.42. The number of esters is 1. The van der Waals surface area contributed by atoms with Crippen LogP contribution < -0.4 is 10.6 Å². The largest absolute Gasteiger partial charge is 0.452 e. The Labute approximate surface area is 132 Å². The highest BCUT2D eigenvalue weighted by atomic mass is 35.5. The van der Waals surface area contributed by atoms with Crippen molar-refractivity contribution in [1.29, 1.82) is 0 Å². The fraction of sp³-hybridized carbons (Fsp3) is 0.133. The normalized spacial score (nSPS) is 10.0. The number of halogens is 1. The Kier molecular flexibility index (Phi) is 7.42. The van der Waals surface area contributed by atoms with E-state index in [0.29, 0.717) is 10.6 Å². The maximum absolute atomic E-state index is 11.4. The van der Waals surface area contributed by atoms with Crippen LogP contribution >= 0.6 is 11.6 Å². The first-order valence-electron chi connectivity index (χ1n) is 6.31. The highest BCUT2D eigenvalue weighted by Gasteiger charge is 2.08. The van der Waals surface area contributed by atoms with Gasteiger partial charge in [-0.05, 0) is 17.7 Å². The summed E-state index contributed by atoms with van der Waals surface area (Å²) >= 11 is 5.92. The van der Waals surface area contributed by atoms with Crippen LogP contribution in [0, 0.1) is 0 Å². The molecule has 1 aromatic rings. The molecule has 1 rings (SSSR count). The number of carbonyl (C=O) groups is 3. The van der Waals surface area contributed by atoms with Gasteiger partial charge in [-0.1, -0.05) is 35.9 Å². The van der Waals surface area contributed by atoms with Crippen molar-refractivity contribution < 1.29 is 19.1 Å². The van der Waals surface area contributed by atoms with E-state index in [1.54, 1.807) is 24.3 Å². The quantitative estimate of drug-likeness (QED) is 0.476. The van der Waals surface area contributed by atoms with Gasteiger partial charge in [0.2, 0.25) is 0 Å². The molecular formula is C15H15ClN2O4. The van der Waals surface area contributed by atoms with E-state index in [9.17, 15) is 14.4 Å². The number of rotatable bonds is 6. The van der Waals surface area contributed by atoms with E-state index in [1.165, 1.54) is 12.2 Å². The fourth-order valence-corrected chi connectivity index (χ4v) is 1.52. The van der Waals surface area contributed by atoms with Gasteiger partial charge in [0.05, 0.1) is 0 Å². The van der Waals surface area contributed by atoms with Crippen LogP contribution in [-0.2, 0) is 14.3 Å². The second kappa shape index (κ2) is 9.36. The van der Waals surface area contributed by atoms with Crippen LogP contribution in [0.3, 0.4) is 0 Å². The molecule has 2 N–H and O–H groups in total. The monoisotopic (exact) mass is 322 g/mol. The molecule has 116 valence electrons. The number of carbonyl (C=O) groups excluding carboxylic acids is 3. The van der Waals surface area contributed by atoms with Crippen molar-refractivity contribution >= 4 is 35.6 Å². The lowest BCUT2D eigenvalue weighted by molar-refractivity contribution is -0.143. The van der Waals surface area contributed by atoms with Gasteiger partial charge in [0.1, 0.15) is 0 Å². The van der Waals surface area contributed by atoms with Crippen LogP contribution in [0.5, 0.6) is 0 Å². The molecule has 0 unspecified atom stereocenters. The lowest BCUT2D eigenvalue weighted by Gasteiger charge is -2.04. The smallest absolute Gasteiger partial charge is 0.331 e. The summed E-state index contributed by atoms with van der Waals surface area (Å²) in [5, 5.41) is 4.83. The molecule has 3 amide bonds. The van der Waals surface area contributed by atoms with Crippen LogP contribution in [0.25, 0.3) is 6.08 Å². The molecule has 22 heavy (non-hydrogen) atoms. The lowest BCUT2D eigenvalue weighted by Crippen LogP contribution is -2.41. The van der Waals surface area contributed by atoms with Crippen molar-refractivity contribution in [1.82, 2.24) is 10.6 Å². The molecule has 0 aliphatic heterocycles. The highest BCUT2D eigenvalue weighted by Crippen LogP contribution is 2.16. The Morgan fingerprint density at radius 2 is 2.00 bits per heavy atom. The van der Waals surface area contributed by atoms with E-state index >= 15 is 0 Å². The zero-order chi connectivity index (χ0) is 16.4. The van der Waals surface area contributed by atoms with Gasteiger partial charge in [-0.2, -0.15) is 0 Å². The Balaban J connectivity index is 2.37. The Hall–Kier alpha value is -2.60. The molecule has 0 bridgehead atoms. The van der Waals surface area contributed by atoms with E-state index in [2.05, 4.69) is 16.6 Å². The molecule has 0 heterocycles. The molecule has 0 saturated carbocycles. The van der Waals surface area contributed by atoms with Crippen molar-refractivity contribution in [3.05, 3.63) is 53.6 Å². The molecule has 0 spiro atoms. The molecule has 7 heteroatoms. The van der Waals surface area contributed by atoms with Crippen LogP contribution in [0.4, 0.5) is 4.79 Å². The number of hydrogen-bond acceptors (Lipinski definition) is 4. The molecule has 0 aliphatic carbocycles. The van der Waals surface area contributed by atoms with Gasteiger partial charge in [-0.25, -0.2) is 9.59 Å². The van der Waals surface area contributed by atoms with E-state index < -0.39 is 24.5 Å². The first kappa shape index (κ1) is 17.5. The number of amides is 3. The molecular weight excluding hydrogens is 308 g/mol. The topological polar surface area (TPSA) is 84.5 Å². The summed E-state index contributed by atoms with van der Waals surface area (Å²) in [4.78, 5) is 33.9. The van der Waals surface area contributed by atoms with Gasteiger partial charge in [0.15, 0.2) is 6.61 Å². The SMILES string of the molecule is C=CCNC(=O)NC(=O)COC(=O)/C=C/c1ccccc1Cl. The van der Waals surface area contributed by atoms with Gasteiger partial charge in [0, 0.05) is 17.6 Å². The zero-order valence-corrected chi connectivity index (χ0v) is 12.4. The average Bonchev–Trinajstić information content (AvgIpc) is 2.50. The third-order valence-corrected chi connectivity index (χ3v) is 2.65. The minimum absolute atomic E-state index is 0.222. The van der Waals surface area contributed by atoms with Crippen molar-refractivity contribution in [2.45, 2.75) is 0 Å². The molecule has 0 fully saturated rings. The average molecular weight is 323 g/mol. The number of imide groups is 1. The standard InChI is InChI=1S/C15H15ClN2O4/c1-2-9-17-15(21)18-13(19)10-22-14(20)8-7-11-5-3-4-6-12(11)16/h2-8H,1,9-10H2,(H2,17,18,19,21)/b8-7+. The summed E-state index contributed by atoms with van der Waals surface area (Å²) in [6, 6.07) is 6.25. The number of ether oxygens (including phenoxy) is 1. The third-order valence-electron chi connectivity index (χ3n) is 2.31. The predicted molar refractivity (Wildman–Crippen MR) is 83.2 cm³/mol. The summed E-state index contributed by atoms with van der Waals surface area (Å²) in [5.74, 6) is -1.46. The van der Waals surface area contributed by atoms with Crippen molar-refractivity contribution in [3.8, 4) is 0 Å². The number of nitrogens with one attached hydrogen (secondary N) is 2. The van der Waals surface area contributed by atoms with E-state index in [1.807, 2.05) is 5.32 Å². The summed E-state index contributed by atoms with van der Waals surface area (Å²) in [6.07, 6.45) is 4.08. The Morgan fingerprint density at radius 3 is 2.68 bits per heavy atom. The summed E-state index contributed by atoms with van der Waals surface area (Å²) < 4.78 is 4.69. The van der Waals surface area contributed by atoms with Crippen LogP contribution in [0.2, 0.25) is 5.02 Å². The highest BCUT2D eigenvalue weighted by molar-refractivity contribution is 6.32. The first-order chi connectivity index (χ1) is 10.5. The van der Waals surface area contributed by atoms with Gasteiger partial charge in [-0.3, -0.25) is 10.1 Å². The van der Waals surface area contributed by atoms with E-state index in [4.69, 9.17) is 11.6 Å². The Bertz CT molecular complexity index is 599. The lowest BCUT2D eigenvalue weighted by atomic mass is 10.2. The van der Waals surface area contributed by atoms with Crippen LogP contribution in [0.1, 0.15) is 5.56 Å². The number of urea groups is 1. The number of benzene rings is 1. The van der Waals surface area contributed by atoms with E-state index in [0.717, 1.165) is 6.08 Å². The number of hydrogen-bond donors (Lipinski definition) is 2. The molecule has 0 radical (unpaired) electrons. The maximum atomic E-state index is 11.4. The molecule has 0 saturated heterocycles. The molecule has 0 atom stereocenters. The first-order valence-corrected chi connectivity index (χ1v) is 6.68. The molecule has 6 nitrogen and oxygen atoms in total. The van der Waals surface area contributed by atoms with Gasteiger partial charge in [-0.15, -0.1) is 6.58 Å². The maximum Gasteiger partial charge on any atom is 0.331 e. The zero-order valence-electron chi connectivity index (χ0n) is 11.7. The van der Waals surface area contributed by atoms with Crippen LogP contribution in [0.15, 0.2) is 43.0 Å². The summed E-state index contributed by atoms with van der Waals surface area (Å²) in [7, 11) is 0. The van der Waals surface area contributed by atoms with Crippen LogP contribution in [-0.4, -0.2) is 31.1 Å². The van der Waals surface area contributed by atoms with Gasteiger partial charge in [0.25, 0.3) is 5.91 Å². The molecule has 0 aliphatic rings. The summed E-state index contributed by atoms with van der Waals surface area (Å²) in [5.41, 5.74) is 0.648. The summed E-state index contributed by atoms with van der Waals surface area (Å²) in [6.45, 7) is 3.07. The minimum Gasteiger partial charge on any atom is -0.452 e. The third kappa shape index (κ3) is 6.71. The Morgan fingerprint density at radius 1 is 1.27 bits per heavy atom. The van der Waals surface area contributed by atoms with Crippen molar-refractivity contribution in [2.75, 3.05) is 13.2 Å². The van der Waals surface area contributed by atoms with Gasteiger partial charge < -0.3 is 10.1 Å². The van der Waals surface area contributed by atoms with Crippen molar-refractivity contribution in [2.24, 2.45) is 0 Å². The molecule has 1 aromatic carbocycles. The fourth-order valence-electron chi connectivity index (χ4n) is 1.32. The van der Waals surface area contributed by atoms with Crippen molar-refractivity contribution in [3.63, 3.8) is 0 Å². The second-order valence-electron chi connectivity index (χ2n) is 4.01. The molecule has 0 aromatic heterocycles.